The number of hydrogen-bond acceptors (Lipinski definition) is 8. The third kappa shape index (κ3) is 15.6. The summed E-state index contributed by atoms with van der Waals surface area (Å²) >= 11 is 0. The van der Waals surface area contributed by atoms with Crippen LogP contribution in [0.4, 0.5) is 9.59 Å². The molecule has 2 amide bonds. The van der Waals surface area contributed by atoms with Crippen molar-refractivity contribution in [3.05, 3.63) is 24.3 Å². The van der Waals surface area contributed by atoms with Crippen molar-refractivity contribution in [3.63, 3.8) is 0 Å². The zero-order chi connectivity index (χ0) is 28.4. The number of carbonyl (C=O) groups excluding carboxylic acids is 4. The lowest BCUT2D eigenvalue weighted by Gasteiger charge is -2.35. The van der Waals surface area contributed by atoms with Gasteiger partial charge < -0.3 is 29.2 Å². The molecule has 0 radical (unpaired) electrons. The van der Waals surface area contributed by atoms with Crippen molar-refractivity contribution in [2.75, 3.05) is 40.0 Å². The molecule has 0 aliphatic carbocycles. The lowest BCUT2D eigenvalue weighted by molar-refractivity contribution is -0.141. The van der Waals surface area contributed by atoms with Crippen LogP contribution < -0.4 is 5.32 Å². The third-order valence-electron chi connectivity index (χ3n) is 5.71. The monoisotopic (exact) mass is 526 g/mol. The van der Waals surface area contributed by atoms with Crippen LogP contribution in [0.3, 0.4) is 0 Å². The van der Waals surface area contributed by atoms with Crippen LogP contribution in [0.15, 0.2) is 24.3 Å². The van der Waals surface area contributed by atoms with E-state index in [1.807, 2.05) is 0 Å². The predicted octanol–water partition coefficient (Wildman–Crippen LogP) is 4.77. The summed E-state index contributed by atoms with van der Waals surface area (Å²) in [6.07, 6.45) is 3.38. The summed E-state index contributed by atoms with van der Waals surface area (Å²) in [4.78, 5) is 49.0. The molecule has 0 fully saturated rings. The fraction of sp³-hybridized carbons (Fsp3) is 0.704. The molecule has 0 aliphatic heterocycles. The molecule has 0 aliphatic rings. The zero-order valence-corrected chi connectivity index (χ0v) is 23.5. The molecule has 0 atom stereocenters. The van der Waals surface area contributed by atoms with Crippen molar-refractivity contribution in [2.45, 2.75) is 78.7 Å². The average molecular weight is 527 g/mol. The van der Waals surface area contributed by atoms with E-state index in [9.17, 15) is 19.2 Å². The van der Waals surface area contributed by atoms with E-state index in [1.165, 1.54) is 4.90 Å². The second kappa shape index (κ2) is 18.2. The molecule has 0 aromatic heterocycles. The van der Waals surface area contributed by atoms with E-state index in [0.717, 1.165) is 25.7 Å². The maximum atomic E-state index is 12.8. The Labute approximate surface area is 221 Å². The molecule has 0 spiro atoms. The summed E-state index contributed by atoms with van der Waals surface area (Å²) in [6, 6.07) is 0. The van der Waals surface area contributed by atoms with Crippen LogP contribution >= 0.6 is 0 Å². The van der Waals surface area contributed by atoms with Gasteiger partial charge in [0.1, 0.15) is 5.60 Å². The summed E-state index contributed by atoms with van der Waals surface area (Å²) in [5, 5.41) is 2.68. The summed E-state index contributed by atoms with van der Waals surface area (Å²) in [5.74, 6) is -1.22. The van der Waals surface area contributed by atoms with Gasteiger partial charge in [-0.15, -0.1) is 0 Å². The van der Waals surface area contributed by atoms with Crippen LogP contribution in [0, 0.1) is 5.92 Å². The van der Waals surface area contributed by atoms with E-state index in [2.05, 4.69) is 18.5 Å². The van der Waals surface area contributed by atoms with Crippen LogP contribution in [0.2, 0.25) is 0 Å². The lowest BCUT2D eigenvalue weighted by atomic mass is 9.85. The Morgan fingerprint density at radius 2 is 1.38 bits per heavy atom. The smallest absolute Gasteiger partial charge is 0.410 e. The lowest BCUT2D eigenvalue weighted by Crippen LogP contribution is -2.42. The van der Waals surface area contributed by atoms with E-state index in [0.29, 0.717) is 43.7 Å². The zero-order valence-electron chi connectivity index (χ0n) is 23.5. The number of rotatable bonds is 18. The number of esters is 2. The fourth-order valence-corrected chi connectivity index (χ4v) is 3.35. The Bertz CT molecular complexity index is 746. The van der Waals surface area contributed by atoms with Crippen molar-refractivity contribution >= 4 is 24.1 Å². The molecular weight excluding hydrogens is 480 g/mol. The van der Waals surface area contributed by atoms with E-state index < -0.39 is 29.7 Å². The van der Waals surface area contributed by atoms with Gasteiger partial charge in [-0.2, -0.15) is 0 Å². The first-order valence-electron chi connectivity index (χ1n) is 12.8. The number of nitrogens with one attached hydrogen (secondary N) is 1. The van der Waals surface area contributed by atoms with Gasteiger partial charge in [0.05, 0.1) is 19.8 Å². The first-order valence-corrected chi connectivity index (χ1v) is 12.8. The van der Waals surface area contributed by atoms with Crippen molar-refractivity contribution < 1.29 is 38.1 Å². The maximum absolute atomic E-state index is 12.8. The Kier molecular flexibility index (Phi) is 16.7. The number of carbonyl (C=O) groups is 4. The Balaban J connectivity index is 4.72. The van der Waals surface area contributed by atoms with Crippen LogP contribution in [-0.4, -0.2) is 74.6 Å². The number of ether oxygens (including phenoxy) is 4. The summed E-state index contributed by atoms with van der Waals surface area (Å²) in [7, 11) is 1.68. The van der Waals surface area contributed by atoms with Gasteiger partial charge in [-0.05, 0) is 60.3 Å². The van der Waals surface area contributed by atoms with Gasteiger partial charge in [0.2, 0.25) is 0 Å². The molecule has 37 heavy (non-hydrogen) atoms. The normalized spacial score (nSPS) is 10.9. The highest BCUT2D eigenvalue weighted by molar-refractivity contribution is 5.87. The van der Waals surface area contributed by atoms with Crippen molar-refractivity contribution in [3.8, 4) is 0 Å². The summed E-state index contributed by atoms with van der Waals surface area (Å²) in [5.41, 5.74) is -0.306. The quantitative estimate of drug-likeness (QED) is 0.117. The summed E-state index contributed by atoms with van der Waals surface area (Å²) in [6.45, 7) is 17.3. The van der Waals surface area contributed by atoms with Gasteiger partial charge in [-0.1, -0.05) is 26.0 Å². The molecule has 0 aromatic carbocycles. The standard InChI is InChI=1S/C27H46N2O8/c1-9-34-25(32)28-16-12-10-11-13-17-29(8)26(33)37-27(6,7)22(14-18-35-23(30)20(2)3)15-19-36-24(31)21(4)5/h22H,2,4,9-19H2,1,3,5-8H3,(H,28,32). The Morgan fingerprint density at radius 3 is 1.86 bits per heavy atom. The molecule has 0 saturated heterocycles. The van der Waals surface area contributed by atoms with E-state index in [-0.39, 0.29) is 19.1 Å². The number of amides is 2. The van der Waals surface area contributed by atoms with Gasteiger partial charge >= 0.3 is 24.1 Å². The fourth-order valence-electron chi connectivity index (χ4n) is 3.35. The first kappa shape index (κ1) is 34.0. The topological polar surface area (TPSA) is 120 Å². The number of hydrogen-bond donors (Lipinski definition) is 1. The van der Waals surface area contributed by atoms with Crippen molar-refractivity contribution in [1.29, 1.82) is 0 Å². The molecule has 212 valence electrons. The highest BCUT2D eigenvalue weighted by atomic mass is 16.6. The molecule has 0 heterocycles. The SMILES string of the molecule is C=C(C)C(=O)OCCC(CCOC(=O)C(=C)C)C(C)(C)OC(=O)N(C)CCCCCCNC(=O)OCC. The third-order valence-corrected chi connectivity index (χ3v) is 5.71. The summed E-state index contributed by atoms with van der Waals surface area (Å²) < 4.78 is 21.1. The molecule has 0 bridgehead atoms. The van der Waals surface area contributed by atoms with Gasteiger partial charge in [-0.3, -0.25) is 0 Å². The van der Waals surface area contributed by atoms with Crippen LogP contribution in [-0.2, 0) is 28.5 Å². The second-order valence-corrected chi connectivity index (χ2v) is 9.56. The number of alkyl carbamates (subject to hydrolysis) is 1. The second-order valence-electron chi connectivity index (χ2n) is 9.56. The molecule has 10 nitrogen and oxygen atoms in total. The van der Waals surface area contributed by atoms with E-state index >= 15 is 0 Å². The minimum atomic E-state index is -0.907. The minimum absolute atomic E-state index is 0.118. The molecular formula is C27H46N2O8. The number of unbranched alkanes of at least 4 members (excludes halogenated alkanes) is 3. The van der Waals surface area contributed by atoms with E-state index in [1.54, 1.807) is 41.7 Å². The van der Waals surface area contributed by atoms with Gasteiger partial charge in [-0.25, -0.2) is 19.2 Å². The van der Waals surface area contributed by atoms with Gasteiger partial charge in [0, 0.05) is 37.2 Å². The van der Waals surface area contributed by atoms with Crippen LogP contribution in [0.25, 0.3) is 0 Å². The number of nitrogens with zero attached hydrogens (tertiary/aromatic N) is 1. The van der Waals surface area contributed by atoms with Gasteiger partial charge in [0.25, 0.3) is 0 Å². The molecule has 0 aromatic rings. The predicted molar refractivity (Wildman–Crippen MR) is 141 cm³/mol. The van der Waals surface area contributed by atoms with Gasteiger partial charge in [0.15, 0.2) is 0 Å². The molecule has 10 heteroatoms. The molecule has 0 saturated carbocycles. The van der Waals surface area contributed by atoms with E-state index in [4.69, 9.17) is 18.9 Å². The minimum Gasteiger partial charge on any atom is -0.462 e. The van der Waals surface area contributed by atoms with Crippen molar-refractivity contribution in [1.82, 2.24) is 10.2 Å². The Hall–Kier alpha value is -3.04. The average Bonchev–Trinajstić information content (AvgIpc) is 2.81. The molecule has 1 N–H and O–H groups in total. The first-order chi connectivity index (χ1) is 17.3. The van der Waals surface area contributed by atoms with Crippen LogP contribution in [0.5, 0.6) is 0 Å². The Morgan fingerprint density at radius 1 is 0.865 bits per heavy atom. The van der Waals surface area contributed by atoms with Crippen molar-refractivity contribution in [2.24, 2.45) is 5.92 Å². The highest BCUT2D eigenvalue weighted by Gasteiger charge is 2.34. The highest BCUT2D eigenvalue weighted by Crippen LogP contribution is 2.29. The molecule has 0 unspecified atom stereocenters. The maximum Gasteiger partial charge on any atom is 0.410 e. The molecule has 0 rings (SSSR count). The van der Waals surface area contributed by atoms with Crippen LogP contribution in [0.1, 0.15) is 73.1 Å². The largest absolute Gasteiger partial charge is 0.462 e.